The van der Waals surface area contributed by atoms with Gasteiger partial charge in [0.25, 0.3) is 0 Å². The fourth-order valence-electron chi connectivity index (χ4n) is 4.60. The summed E-state index contributed by atoms with van der Waals surface area (Å²) in [4.78, 5) is 0. The highest BCUT2D eigenvalue weighted by Gasteiger charge is 2.24. The van der Waals surface area contributed by atoms with E-state index in [1.165, 1.54) is 18.2 Å². The molecule has 1 fully saturated rings. The van der Waals surface area contributed by atoms with Crippen LogP contribution in [0.15, 0.2) is 49.1 Å². The smallest absolute Gasteiger partial charge is 0.166 e. The van der Waals surface area contributed by atoms with Crippen LogP contribution in [-0.2, 0) is 0 Å². The predicted molar refractivity (Wildman–Crippen MR) is 131 cm³/mol. The van der Waals surface area contributed by atoms with Crippen LogP contribution in [0, 0.1) is 23.4 Å². The number of aliphatic hydroxyl groups excluding tert-OH is 1. The molecular formula is C29H35F3O2. The van der Waals surface area contributed by atoms with Gasteiger partial charge in [-0.3, -0.25) is 0 Å². The summed E-state index contributed by atoms with van der Waals surface area (Å²) in [5, 5.41) is 10.0. The van der Waals surface area contributed by atoms with Crippen LogP contribution in [0.25, 0.3) is 6.08 Å². The first-order valence-electron chi connectivity index (χ1n) is 12.3. The van der Waals surface area contributed by atoms with Crippen LogP contribution in [0.2, 0.25) is 0 Å². The Hall–Kier alpha value is -2.53. The van der Waals surface area contributed by atoms with E-state index in [9.17, 15) is 18.3 Å². The maximum Gasteiger partial charge on any atom is 0.166 e. The SMILES string of the molecule is C=CCCCOc1ccc(C2CCC(/C=C/c3ccc(C(O)CCC)c(F)c3F)CC2)c(F)c1. The van der Waals surface area contributed by atoms with E-state index in [1.807, 2.05) is 31.2 Å². The van der Waals surface area contributed by atoms with E-state index in [0.29, 0.717) is 25.2 Å². The molecule has 3 rings (SSSR count). The highest BCUT2D eigenvalue weighted by Crippen LogP contribution is 2.38. The lowest BCUT2D eigenvalue weighted by atomic mass is 9.78. The number of hydrogen-bond acceptors (Lipinski definition) is 2. The molecule has 0 radical (unpaired) electrons. The van der Waals surface area contributed by atoms with Gasteiger partial charge in [-0.2, -0.15) is 0 Å². The average Bonchev–Trinajstić information content (AvgIpc) is 2.83. The Kier molecular flexibility index (Phi) is 9.82. The van der Waals surface area contributed by atoms with Crippen LogP contribution in [0.3, 0.4) is 0 Å². The lowest BCUT2D eigenvalue weighted by Crippen LogP contribution is -2.13. The van der Waals surface area contributed by atoms with E-state index in [-0.39, 0.29) is 28.8 Å². The van der Waals surface area contributed by atoms with Crippen molar-refractivity contribution in [3.05, 3.63) is 83.2 Å². The summed E-state index contributed by atoms with van der Waals surface area (Å²) in [5.74, 6) is -1.21. The second kappa shape index (κ2) is 12.8. The topological polar surface area (TPSA) is 29.5 Å². The van der Waals surface area contributed by atoms with E-state index in [4.69, 9.17) is 4.74 Å². The molecule has 1 N–H and O–H groups in total. The molecule has 0 bridgehead atoms. The molecule has 0 saturated heterocycles. The third kappa shape index (κ3) is 6.75. The number of allylic oxidation sites excluding steroid dienone is 2. The Morgan fingerprint density at radius 2 is 1.85 bits per heavy atom. The molecule has 1 aliphatic rings. The summed E-state index contributed by atoms with van der Waals surface area (Å²) in [7, 11) is 0. The standard InChI is InChI=1S/C29H35F3O2/c1-3-5-6-18-34-23-15-17-24(26(30)19-23)21-11-8-20(9-12-21)10-13-22-14-16-25(27(33)7-4-2)29(32)28(22)31/h3,10,13-17,19-21,27,33H,1,4-9,11-12,18H2,2H3/b13-10+. The molecule has 184 valence electrons. The molecule has 2 nitrogen and oxygen atoms in total. The van der Waals surface area contributed by atoms with Gasteiger partial charge in [0.05, 0.1) is 12.7 Å². The fraction of sp³-hybridized carbons (Fsp3) is 0.448. The largest absolute Gasteiger partial charge is 0.493 e. The van der Waals surface area contributed by atoms with Crippen molar-refractivity contribution in [3.63, 3.8) is 0 Å². The van der Waals surface area contributed by atoms with Crippen molar-refractivity contribution in [2.75, 3.05) is 6.61 Å². The second-order valence-corrected chi connectivity index (χ2v) is 9.11. The predicted octanol–water partition coefficient (Wildman–Crippen LogP) is 8.27. The van der Waals surface area contributed by atoms with Crippen molar-refractivity contribution in [1.82, 2.24) is 0 Å². The average molecular weight is 473 g/mol. The zero-order chi connectivity index (χ0) is 24.5. The number of aliphatic hydroxyl groups is 1. The van der Waals surface area contributed by atoms with Gasteiger partial charge < -0.3 is 9.84 Å². The van der Waals surface area contributed by atoms with Gasteiger partial charge in [-0.15, -0.1) is 6.58 Å². The molecular weight excluding hydrogens is 437 g/mol. The summed E-state index contributed by atoms with van der Waals surface area (Å²) in [6, 6.07) is 8.10. The lowest BCUT2D eigenvalue weighted by molar-refractivity contribution is 0.160. The summed E-state index contributed by atoms with van der Waals surface area (Å²) in [6.07, 6.45) is 10.6. The third-order valence-corrected chi connectivity index (χ3v) is 6.62. The van der Waals surface area contributed by atoms with Gasteiger partial charge >= 0.3 is 0 Å². The van der Waals surface area contributed by atoms with Crippen LogP contribution in [0.1, 0.15) is 87.0 Å². The van der Waals surface area contributed by atoms with Gasteiger partial charge in [0.15, 0.2) is 11.6 Å². The zero-order valence-corrected chi connectivity index (χ0v) is 19.9. The Bertz CT molecular complexity index is 978. The van der Waals surface area contributed by atoms with Crippen molar-refractivity contribution >= 4 is 6.08 Å². The van der Waals surface area contributed by atoms with E-state index >= 15 is 0 Å². The van der Waals surface area contributed by atoms with Crippen molar-refractivity contribution in [3.8, 4) is 5.75 Å². The van der Waals surface area contributed by atoms with Gasteiger partial charge in [-0.25, -0.2) is 13.2 Å². The molecule has 0 amide bonds. The molecule has 0 heterocycles. The maximum atomic E-state index is 14.7. The molecule has 1 aliphatic carbocycles. The van der Waals surface area contributed by atoms with Crippen molar-refractivity contribution in [2.24, 2.45) is 5.92 Å². The number of ether oxygens (including phenoxy) is 1. The molecule has 0 aliphatic heterocycles. The van der Waals surface area contributed by atoms with Gasteiger partial charge in [0, 0.05) is 17.2 Å². The molecule has 1 unspecified atom stereocenters. The van der Waals surface area contributed by atoms with Gasteiger partial charge in [-0.05, 0) is 68.4 Å². The molecule has 0 spiro atoms. The van der Waals surface area contributed by atoms with E-state index in [2.05, 4.69) is 6.58 Å². The minimum atomic E-state index is -0.994. The molecule has 1 saturated carbocycles. The Labute approximate surface area is 201 Å². The van der Waals surface area contributed by atoms with Crippen LogP contribution >= 0.6 is 0 Å². The molecule has 34 heavy (non-hydrogen) atoms. The first-order valence-corrected chi connectivity index (χ1v) is 12.3. The molecule has 2 aromatic carbocycles. The summed E-state index contributed by atoms with van der Waals surface area (Å²) < 4.78 is 49.2. The lowest BCUT2D eigenvalue weighted by Gasteiger charge is -2.27. The molecule has 1 atom stereocenters. The number of unbranched alkanes of at least 4 members (excludes halogenated alkanes) is 1. The first kappa shape index (κ1) is 26.1. The number of benzene rings is 2. The van der Waals surface area contributed by atoms with Gasteiger partial charge in [-0.1, -0.05) is 49.8 Å². The van der Waals surface area contributed by atoms with Crippen LogP contribution < -0.4 is 4.74 Å². The van der Waals surface area contributed by atoms with E-state index < -0.39 is 17.7 Å². The molecule has 0 aromatic heterocycles. The Morgan fingerprint density at radius 1 is 1.09 bits per heavy atom. The quantitative estimate of drug-likeness (QED) is 0.263. The minimum Gasteiger partial charge on any atom is -0.493 e. The molecule has 5 heteroatoms. The zero-order valence-electron chi connectivity index (χ0n) is 19.9. The monoisotopic (exact) mass is 472 g/mol. The first-order chi connectivity index (χ1) is 16.4. The number of hydrogen-bond donors (Lipinski definition) is 1. The van der Waals surface area contributed by atoms with E-state index in [1.54, 1.807) is 6.08 Å². The number of halogens is 3. The van der Waals surface area contributed by atoms with Crippen LogP contribution in [-0.4, -0.2) is 11.7 Å². The molecule has 2 aromatic rings. The highest BCUT2D eigenvalue weighted by molar-refractivity contribution is 5.51. The Morgan fingerprint density at radius 3 is 2.53 bits per heavy atom. The fourth-order valence-corrected chi connectivity index (χ4v) is 4.60. The van der Waals surface area contributed by atoms with Crippen molar-refractivity contribution < 1.29 is 23.0 Å². The number of rotatable bonds is 11. The van der Waals surface area contributed by atoms with Gasteiger partial charge in [0.2, 0.25) is 0 Å². The van der Waals surface area contributed by atoms with Crippen molar-refractivity contribution in [1.29, 1.82) is 0 Å². The minimum absolute atomic E-state index is 0.00668. The van der Waals surface area contributed by atoms with E-state index in [0.717, 1.165) is 44.1 Å². The highest BCUT2D eigenvalue weighted by atomic mass is 19.2. The normalized spacial score (nSPS) is 19.3. The van der Waals surface area contributed by atoms with Crippen LogP contribution in [0.4, 0.5) is 13.2 Å². The van der Waals surface area contributed by atoms with Crippen LogP contribution in [0.5, 0.6) is 5.75 Å². The summed E-state index contributed by atoms with van der Waals surface area (Å²) >= 11 is 0. The van der Waals surface area contributed by atoms with Gasteiger partial charge in [0.1, 0.15) is 11.6 Å². The van der Waals surface area contributed by atoms with Crippen molar-refractivity contribution in [2.45, 2.75) is 70.3 Å². The maximum absolute atomic E-state index is 14.7. The summed E-state index contributed by atoms with van der Waals surface area (Å²) in [5.41, 5.74) is 0.907. The Balaban J connectivity index is 1.56. The summed E-state index contributed by atoms with van der Waals surface area (Å²) in [6.45, 7) is 6.10. The second-order valence-electron chi connectivity index (χ2n) is 9.11. The third-order valence-electron chi connectivity index (χ3n) is 6.62.